The van der Waals surface area contributed by atoms with E-state index < -0.39 is 5.97 Å². The quantitative estimate of drug-likeness (QED) is 0.206. The van der Waals surface area contributed by atoms with Crippen molar-refractivity contribution in [1.82, 2.24) is 20.0 Å². The van der Waals surface area contributed by atoms with Crippen LogP contribution < -0.4 is 4.74 Å². The zero-order chi connectivity index (χ0) is 27.0. The molecule has 8 nitrogen and oxygen atoms in total. The van der Waals surface area contributed by atoms with Gasteiger partial charge in [-0.3, -0.25) is 0 Å². The van der Waals surface area contributed by atoms with E-state index in [-0.39, 0.29) is 12.3 Å². The van der Waals surface area contributed by atoms with Crippen LogP contribution in [0.1, 0.15) is 45.7 Å². The standard InChI is InChI=1S/C31H30N4O4/c1-3-37-31(36)29-28(33-35(34-29)21-24-10-6-4-7-11-24)20-23-14-16-26(17-15-23)38-19-18-27-22(2)39-30(32-27)25-12-8-5-9-13-25/h4-17H,3,18-21H2,1-2H3. The number of carbonyl (C=O) groups is 1. The van der Waals surface area contributed by atoms with Gasteiger partial charge in [-0.25, -0.2) is 9.78 Å². The van der Waals surface area contributed by atoms with Gasteiger partial charge in [0.1, 0.15) is 17.2 Å². The van der Waals surface area contributed by atoms with Gasteiger partial charge in [0.2, 0.25) is 5.89 Å². The minimum Gasteiger partial charge on any atom is -0.493 e. The first-order valence-electron chi connectivity index (χ1n) is 13.0. The lowest BCUT2D eigenvalue weighted by Gasteiger charge is -2.07. The van der Waals surface area contributed by atoms with Crippen molar-refractivity contribution in [2.75, 3.05) is 13.2 Å². The predicted octanol–water partition coefficient (Wildman–Crippen LogP) is 5.68. The molecule has 2 aromatic heterocycles. The number of carbonyl (C=O) groups excluding carboxylic acids is 1. The summed E-state index contributed by atoms with van der Waals surface area (Å²) in [5, 5.41) is 9.03. The van der Waals surface area contributed by atoms with Crippen molar-refractivity contribution < 1.29 is 18.7 Å². The molecule has 0 fully saturated rings. The summed E-state index contributed by atoms with van der Waals surface area (Å²) in [4.78, 5) is 18.7. The SMILES string of the molecule is CCOC(=O)c1nn(Cc2ccccc2)nc1Cc1ccc(OCCc2nc(-c3ccccc3)oc2C)cc1. The molecule has 0 aliphatic carbocycles. The third kappa shape index (κ3) is 6.59. The fourth-order valence-corrected chi connectivity index (χ4v) is 4.20. The van der Waals surface area contributed by atoms with Gasteiger partial charge in [0, 0.05) is 18.4 Å². The van der Waals surface area contributed by atoms with Crippen molar-refractivity contribution in [1.29, 1.82) is 0 Å². The van der Waals surface area contributed by atoms with Crippen molar-refractivity contribution in [3.8, 4) is 17.2 Å². The Morgan fingerprint density at radius 1 is 0.872 bits per heavy atom. The minimum atomic E-state index is -0.467. The number of rotatable bonds is 11. The summed E-state index contributed by atoms with van der Waals surface area (Å²) in [6, 6.07) is 27.5. The molecule has 3 aromatic carbocycles. The molecule has 0 bridgehead atoms. The van der Waals surface area contributed by atoms with E-state index in [9.17, 15) is 4.79 Å². The van der Waals surface area contributed by atoms with Gasteiger partial charge in [-0.2, -0.15) is 9.90 Å². The van der Waals surface area contributed by atoms with Crippen LogP contribution in [-0.4, -0.2) is 39.2 Å². The summed E-state index contributed by atoms with van der Waals surface area (Å²) < 4.78 is 17.0. The fourth-order valence-electron chi connectivity index (χ4n) is 4.20. The van der Waals surface area contributed by atoms with Crippen molar-refractivity contribution in [2.45, 2.75) is 33.2 Å². The largest absolute Gasteiger partial charge is 0.493 e. The predicted molar refractivity (Wildman–Crippen MR) is 147 cm³/mol. The highest BCUT2D eigenvalue weighted by Crippen LogP contribution is 2.22. The normalized spacial score (nSPS) is 10.9. The first-order valence-corrected chi connectivity index (χ1v) is 13.0. The molecule has 198 valence electrons. The van der Waals surface area contributed by atoms with Crippen LogP contribution >= 0.6 is 0 Å². The third-order valence-corrected chi connectivity index (χ3v) is 6.18. The highest BCUT2D eigenvalue weighted by atomic mass is 16.5. The number of ether oxygens (including phenoxy) is 2. The van der Waals surface area contributed by atoms with Crippen molar-refractivity contribution in [3.63, 3.8) is 0 Å². The Labute approximate surface area is 227 Å². The molecule has 0 aliphatic rings. The van der Waals surface area contributed by atoms with Crippen LogP contribution in [0.15, 0.2) is 89.3 Å². The molecule has 0 radical (unpaired) electrons. The molecule has 0 spiro atoms. The lowest BCUT2D eigenvalue weighted by atomic mass is 10.1. The Bertz CT molecular complexity index is 1510. The second kappa shape index (κ2) is 12.2. The van der Waals surface area contributed by atoms with Crippen molar-refractivity contribution >= 4 is 5.97 Å². The van der Waals surface area contributed by atoms with E-state index in [1.165, 1.54) is 0 Å². The second-order valence-electron chi connectivity index (χ2n) is 9.04. The summed E-state index contributed by atoms with van der Waals surface area (Å²) in [5.74, 6) is 1.70. The first-order chi connectivity index (χ1) is 19.1. The molecule has 0 N–H and O–H groups in total. The molecular weight excluding hydrogens is 492 g/mol. The lowest BCUT2D eigenvalue weighted by molar-refractivity contribution is 0.0517. The van der Waals surface area contributed by atoms with Crippen molar-refractivity contribution in [2.24, 2.45) is 0 Å². The number of hydrogen-bond acceptors (Lipinski definition) is 7. The Balaban J connectivity index is 1.21. The van der Waals surface area contributed by atoms with Crippen molar-refractivity contribution in [3.05, 3.63) is 119 Å². The number of aryl methyl sites for hydroxylation is 1. The maximum atomic E-state index is 12.5. The van der Waals surface area contributed by atoms with E-state index in [1.54, 1.807) is 11.7 Å². The van der Waals surface area contributed by atoms with Gasteiger partial charge in [0.05, 0.1) is 25.5 Å². The Kier molecular flexibility index (Phi) is 8.12. The zero-order valence-electron chi connectivity index (χ0n) is 22.0. The topological polar surface area (TPSA) is 92.3 Å². The molecule has 0 aliphatic heterocycles. The third-order valence-electron chi connectivity index (χ3n) is 6.18. The molecular formula is C31H30N4O4. The molecule has 5 rings (SSSR count). The van der Waals surface area contributed by atoms with E-state index in [1.807, 2.05) is 91.9 Å². The number of aromatic nitrogens is 4. The van der Waals surface area contributed by atoms with Gasteiger partial charge in [-0.1, -0.05) is 60.7 Å². The van der Waals surface area contributed by atoms with E-state index in [2.05, 4.69) is 15.2 Å². The van der Waals surface area contributed by atoms with Gasteiger partial charge >= 0.3 is 5.97 Å². The number of benzene rings is 3. The van der Waals surface area contributed by atoms with E-state index in [4.69, 9.17) is 13.9 Å². The molecule has 0 unspecified atom stereocenters. The van der Waals surface area contributed by atoms with Crippen LogP contribution in [0.25, 0.3) is 11.5 Å². The highest BCUT2D eigenvalue weighted by molar-refractivity contribution is 5.88. The average Bonchev–Trinajstić information content (AvgIpc) is 3.53. The molecule has 2 heterocycles. The van der Waals surface area contributed by atoms with Crippen LogP contribution in [-0.2, 0) is 24.1 Å². The van der Waals surface area contributed by atoms with Crippen LogP contribution in [0, 0.1) is 6.92 Å². The van der Waals surface area contributed by atoms with Gasteiger partial charge in [-0.05, 0) is 49.2 Å². The number of nitrogens with zero attached hydrogens (tertiary/aromatic N) is 4. The van der Waals surface area contributed by atoms with Gasteiger partial charge < -0.3 is 13.9 Å². The molecule has 5 aromatic rings. The lowest BCUT2D eigenvalue weighted by Crippen LogP contribution is -2.09. The van der Waals surface area contributed by atoms with Crippen LogP contribution in [0.4, 0.5) is 0 Å². The van der Waals surface area contributed by atoms with E-state index in [0.717, 1.165) is 33.9 Å². The molecule has 0 saturated heterocycles. The van der Waals surface area contributed by atoms with E-state index in [0.29, 0.717) is 37.6 Å². The number of oxazole rings is 1. The fraction of sp³-hybridized carbons (Fsp3) is 0.226. The highest BCUT2D eigenvalue weighted by Gasteiger charge is 2.20. The molecule has 39 heavy (non-hydrogen) atoms. The summed E-state index contributed by atoms with van der Waals surface area (Å²) in [5.41, 5.74) is 4.69. The Morgan fingerprint density at radius 3 is 2.31 bits per heavy atom. The zero-order valence-corrected chi connectivity index (χ0v) is 22.0. The van der Waals surface area contributed by atoms with Gasteiger partial charge in [0.25, 0.3) is 0 Å². The van der Waals surface area contributed by atoms with Gasteiger partial charge in [0.15, 0.2) is 5.69 Å². The molecule has 0 atom stereocenters. The minimum absolute atomic E-state index is 0.242. The maximum absolute atomic E-state index is 12.5. The van der Waals surface area contributed by atoms with Crippen LogP contribution in [0.5, 0.6) is 5.75 Å². The summed E-state index contributed by atoms with van der Waals surface area (Å²) in [7, 11) is 0. The van der Waals surface area contributed by atoms with Gasteiger partial charge in [-0.15, -0.1) is 5.10 Å². The van der Waals surface area contributed by atoms with E-state index >= 15 is 0 Å². The second-order valence-corrected chi connectivity index (χ2v) is 9.04. The number of hydrogen-bond donors (Lipinski definition) is 0. The first kappa shape index (κ1) is 25.9. The van der Waals surface area contributed by atoms with Crippen LogP contribution in [0.3, 0.4) is 0 Å². The maximum Gasteiger partial charge on any atom is 0.360 e. The smallest absolute Gasteiger partial charge is 0.360 e. The monoisotopic (exact) mass is 522 g/mol. The molecule has 0 saturated carbocycles. The summed E-state index contributed by atoms with van der Waals surface area (Å²) in [6.45, 7) is 4.91. The summed E-state index contributed by atoms with van der Waals surface area (Å²) >= 11 is 0. The molecule has 0 amide bonds. The van der Waals surface area contributed by atoms with Crippen LogP contribution in [0.2, 0.25) is 0 Å². The molecule has 8 heteroatoms. The Morgan fingerprint density at radius 2 is 1.59 bits per heavy atom. The summed E-state index contributed by atoms with van der Waals surface area (Å²) in [6.07, 6.45) is 1.08. The Hall–Kier alpha value is -4.72. The average molecular weight is 523 g/mol. The number of esters is 1.